The van der Waals surface area contributed by atoms with Gasteiger partial charge >= 0.3 is 0 Å². The van der Waals surface area contributed by atoms with E-state index in [9.17, 15) is 0 Å². The average Bonchev–Trinajstić information content (AvgIpc) is 2.64. The first-order valence-corrected chi connectivity index (χ1v) is 9.39. The Morgan fingerprint density at radius 3 is 2.56 bits per heavy atom. The summed E-state index contributed by atoms with van der Waals surface area (Å²) in [5.74, 6) is 0.664. The molecule has 0 bridgehead atoms. The Bertz CT molecular complexity index is 637. The van der Waals surface area contributed by atoms with Crippen LogP contribution in [-0.4, -0.2) is 18.5 Å². The summed E-state index contributed by atoms with van der Waals surface area (Å²) in [6, 6.07) is 6.43. The SMILES string of the molecule is C=Cc1ccc(C2=CN(CC(C)CCC)C(=C)C=C2)cc1NC.CC. The fraction of sp³-hybridized carbons (Fsp3) is 0.391. The zero-order valence-electron chi connectivity index (χ0n) is 16.6. The van der Waals surface area contributed by atoms with Crippen molar-refractivity contribution in [1.82, 2.24) is 4.90 Å². The summed E-state index contributed by atoms with van der Waals surface area (Å²) in [5, 5.41) is 3.24. The number of anilines is 1. The van der Waals surface area contributed by atoms with Crippen molar-refractivity contribution in [2.24, 2.45) is 5.92 Å². The van der Waals surface area contributed by atoms with Crippen LogP contribution >= 0.6 is 0 Å². The molecule has 1 heterocycles. The van der Waals surface area contributed by atoms with Crippen LogP contribution in [0.15, 0.2) is 55.4 Å². The number of hydrogen-bond donors (Lipinski definition) is 1. The highest BCUT2D eigenvalue weighted by molar-refractivity contribution is 5.80. The van der Waals surface area contributed by atoms with Gasteiger partial charge < -0.3 is 10.2 Å². The molecule has 1 aromatic carbocycles. The van der Waals surface area contributed by atoms with Gasteiger partial charge in [-0.1, -0.05) is 71.6 Å². The lowest BCUT2D eigenvalue weighted by molar-refractivity contribution is 0.370. The summed E-state index contributed by atoms with van der Waals surface area (Å²) in [4.78, 5) is 2.27. The van der Waals surface area contributed by atoms with Gasteiger partial charge in [-0.05, 0) is 41.2 Å². The highest BCUT2D eigenvalue weighted by Crippen LogP contribution is 2.28. The van der Waals surface area contributed by atoms with Crippen molar-refractivity contribution in [2.75, 3.05) is 18.9 Å². The molecule has 0 saturated carbocycles. The number of rotatable bonds is 7. The molecule has 0 amide bonds. The molecular weight excluding hydrogens is 304 g/mol. The molecule has 0 spiro atoms. The Morgan fingerprint density at radius 2 is 1.96 bits per heavy atom. The predicted octanol–water partition coefficient (Wildman–Crippen LogP) is 6.56. The second-order valence-electron chi connectivity index (χ2n) is 6.21. The van der Waals surface area contributed by atoms with Gasteiger partial charge in [-0.15, -0.1) is 0 Å². The van der Waals surface area contributed by atoms with Crippen LogP contribution in [0.2, 0.25) is 0 Å². The fourth-order valence-electron chi connectivity index (χ4n) is 2.97. The van der Waals surface area contributed by atoms with Gasteiger partial charge in [0.1, 0.15) is 0 Å². The van der Waals surface area contributed by atoms with E-state index in [2.05, 4.69) is 73.8 Å². The Balaban J connectivity index is 0.00000151. The van der Waals surface area contributed by atoms with Gasteiger partial charge in [0.2, 0.25) is 0 Å². The van der Waals surface area contributed by atoms with Crippen LogP contribution < -0.4 is 5.32 Å². The van der Waals surface area contributed by atoms with E-state index in [0.717, 1.165) is 23.5 Å². The largest absolute Gasteiger partial charge is 0.388 e. The summed E-state index contributed by atoms with van der Waals surface area (Å²) in [6.45, 7) is 17.6. The number of hydrogen-bond acceptors (Lipinski definition) is 2. The van der Waals surface area contributed by atoms with Crippen molar-refractivity contribution < 1.29 is 0 Å². The number of allylic oxidation sites excluding steroid dienone is 3. The summed E-state index contributed by atoms with van der Waals surface area (Å²) in [7, 11) is 1.94. The Kier molecular flexibility index (Phi) is 8.83. The lowest BCUT2D eigenvalue weighted by atomic mass is 9.99. The molecule has 0 radical (unpaired) electrons. The van der Waals surface area contributed by atoms with E-state index in [1.165, 1.54) is 24.0 Å². The Labute approximate surface area is 154 Å². The maximum Gasteiger partial charge on any atom is 0.0417 e. The lowest BCUT2D eigenvalue weighted by Gasteiger charge is -2.28. The standard InChI is InChI=1S/C21H28N2.C2H6/c1-6-8-16(3)14-23-15-20(10-9-17(23)4)19-12-11-18(7-2)21(13-19)22-5;1-2/h7,9-13,15-16,22H,2,4,6,8,14H2,1,3,5H3;1-2H3. The molecule has 1 N–H and O–H groups in total. The molecule has 2 nitrogen and oxygen atoms in total. The topological polar surface area (TPSA) is 15.3 Å². The molecule has 0 aromatic heterocycles. The fourth-order valence-corrected chi connectivity index (χ4v) is 2.97. The molecule has 0 saturated heterocycles. The molecule has 1 aliphatic heterocycles. The van der Waals surface area contributed by atoms with E-state index in [-0.39, 0.29) is 0 Å². The third kappa shape index (κ3) is 5.67. The van der Waals surface area contributed by atoms with Crippen molar-refractivity contribution in [1.29, 1.82) is 0 Å². The van der Waals surface area contributed by atoms with Gasteiger partial charge in [0, 0.05) is 31.2 Å². The third-order valence-electron chi connectivity index (χ3n) is 4.28. The molecule has 25 heavy (non-hydrogen) atoms. The highest BCUT2D eigenvalue weighted by atomic mass is 15.1. The Morgan fingerprint density at radius 1 is 1.24 bits per heavy atom. The minimum absolute atomic E-state index is 0.664. The van der Waals surface area contributed by atoms with Gasteiger partial charge in [-0.25, -0.2) is 0 Å². The quantitative estimate of drug-likeness (QED) is 0.605. The molecule has 2 heteroatoms. The first-order valence-electron chi connectivity index (χ1n) is 9.39. The van der Waals surface area contributed by atoms with E-state index >= 15 is 0 Å². The number of benzene rings is 1. The van der Waals surface area contributed by atoms with E-state index in [1.807, 2.05) is 27.0 Å². The molecule has 0 fully saturated rings. The van der Waals surface area contributed by atoms with E-state index in [0.29, 0.717) is 5.92 Å². The second kappa shape index (κ2) is 10.6. The molecule has 0 aliphatic carbocycles. The summed E-state index contributed by atoms with van der Waals surface area (Å²) in [5.41, 5.74) is 5.70. The molecule has 1 aliphatic rings. The first-order chi connectivity index (χ1) is 12.1. The second-order valence-corrected chi connectivity index (χ2v) is 6.21. The van der Waals surface area contributed by atoms with Gasteiger partial charge in [-0.3, -0.25) is 0 Å². The van der Waals surface area contributed by atoms with Crippen LogP contribution in [0.5, 0.6) is 0 Å². The molecule has 136 valence electrons. The molecule has 2 rings (SSSR count). The molecule has 1 aromatic rings. The molecular formula is C23H34N2. The van der Waals surface area contributed by atoms with Gasteiger partial charge in [0.05, 0.1) is 0 Å². The van der Waals surface area contributed by atoms with Crippen molar-refractivity contribution in [2.45, 2.75) is 40.5 Å². The zero-order chi connectivity index (χ0) is 18.8. The summed E-state index contributed by atoms with van der Waals surface area (Å²) >= 11 is 0. The minimum atomic E-state index is 0.664. The van der Waals surface area contributed by atoms with Gasteiger partial charge in [0.25, 0.3) is 0 Å². The maximum absolute atomic E-state index is 4.17. The van der Waals surface area contributed by atoms with Crippen LogP contribution in [0.3, 0.4) is 0 Å². The third-order valence-corrected chi connectivity index (χ3v) is 4.28. The van der Waals surface area contributed by atoms with E-state index in [4.69, 9.17) is 0 Å². The summed E-state index contributed by atoms with van der Waals surface area (Å²) < 4.78 is 0. The maximum atomic E-state index is 4.17. The Hall–Kier alpha value is -2.22. The van der Waals surface area contributed by atoms with Crippen molar-refractivity contribution in [3.63, 3.8) is 0 Å². The smallest absolute Gasteiger partial charge is 0.0417 e. The van der Waals surface area contributed by atoms with Crippen LogP contribution in [0.1, 0.15) is 51.7 Å². The first kappa shape index (κ1) is 20.8. The average molecular weight is 339 g/mol. The van der Waals surface area contributed by atoms with Crippen molar-refractivity contribution >= 4 is 17.3 Å². The van der Waals surface area contributed by atoms with Crippen LogP contribution in [0, 0.1) is 5.92 Å². The van der Waals surface area contributed by atoms with E-state index in [1.54, 1.807) is 0 Å². The monoisotopic (exact) mass is 338 g/mol. The lowest BCUT2D eigenvalue weighted by Crippen LogP contribution is -2.23. The van der Waals surface area contributed by atoms with Crippen LogP contribution in [0.25, 0.3) is 11.6 Å². The summed E-state index contributed by atoms with van der Waals surface area (Å²) in [6.07, 6.45) is 10.8. The zero-order valence-corrected chi connectivity index (χ0v) is 16.6. The van der Waals surface area contributed by atoms with Crippen molar-refractivity contribution in [3.05, 3.63) is 66.5 Å². The predicted molar refractivity (Wildman–Crippen MR) is 114 cm³/mol. The molecule has 1 atom stereocenters. The normalized spacial score (nSPS) is 14.4. The van der Waals surface area contributed by atoms with Crippen LogP contribution in [0.4, 0.5) is 5.69 Å². The van der Waals surface area contributed by atoms with Crippen molar-refractivity contribution in [3.8, 4) is 0 Å². The van der Waals surface area contributed by atoms with Crippen LogP contribution in [-0.2, 0) is 0 Å². The van der Waals surface area contributed by atoms with Gasteiger partial charge in [0.15, 0.2) is 0 Å². The van der Waals surface area contributed by atoms with Gasteiger partial charge in [-0.2, -0.15) is 0 Å². The minimum Gasteiger partial charge on any atom is -0.388 e. The highest BCUT2D eigenvalue weighted by Gasteiger charge is 2.14. The van der Waals surface area contributed by atoms with E-state index < -0.39 is 0 Å². The molecule has 1 unspecified atom stereocenters. The number of nitrogens with one attached hydrogen (secondary N) is 1. The number of nitrogens with zero attached hydrogens (tertiary/aromatic N) is 1.